The van der Waals surface area contributed by atoms with Gasteiger partial charge in [0.2, 0.25) is 0 Å². The zero-order valence-electron chi connectivity index (χ0n) is 15.4. The van der Waals surface area contributed by atoms with Gasteiger partial charge in [-0.25, -0.2) is 0 Å². The lowest BCUT2D eigenvalue weighted by Gasteiger charge is -2.37. The number of carbonyl (C=O) groups excluding carboxylic acids is 1. The van der Waals surface area contributed by atoms with Gasteiger partial charge in [0.1, 0.15) is 0 Å². The molecular weight excluding hydrogens is 324 g/mol. The molecular formula is C22H28N2O2. The van der Waals surface area contributed by atoms with Gasteiger partial charge in [-0.15, -0.1) is 0 Å². The summed E-state index contributed by atoms with van der Waals surface area (Å²) in [5, 5.41) is 0. The highest BCUT2D eigenvalue weighted by Gasteiger charge is 2.33. The molecule has 0 amide bonds. The van der Waals surface area contributed by atoms with E-state index < -0.39 is 0 Å². The van der Waals surface area contributed by atoms with Crippen molar-refractivity contribution in [1.29, 1.82) is 0 Å². The Morgan fingerprint density at radius 2 is 1.46 bits per heavy atom. The van der Waals surface area contributed by atoms with Crippen LogP contribution in [0.25, 0.3) is 0 Å². The average Bonchev–Trinajstić information content (AvgIpc) is 2.63. The molecule has 0 aromatic heterocycles. The number of rotatable bonds is 5. The van der Waals surface area contributed by atoms with Gasteiger partial charge in [0.05, 0.1) is 6.61 Å². The van der Waals surface area contributed by atoms with E-state index in [9.17, 15) is 4.79 Å². The van der Waals surface area contributed by atoms with E-state index >= 15 is 0 Å². The predicted octanol–water partition coefficient (Wildman–Crippen LogP) is 4.47. The van der Waals surface area contributed by atoms with Gasteiger partial charge >= 0.3 is 5.97 Å². The Morgan fingerprint density at radius 1 is 0.923 bits per heavy atom. The predicted molar refractivity (Wildman–Crippen MR) is 106 cm³/mol. The highest BCUT2D eigenvalue weighted by atomic mass is 16.5. The Kier molecular flexibility index (Phi) is 5.82. The highest BCUT2D eigenvalue weighted by Crippen LogP contribution is 2.47. The SMILES string of the molecule is CCOC(=O)CC1CC[C@@H](c2ccc(N)cc2)[C@H](c2ccc(N)cc2)C1. The molecule has 26 heavy (non-hydrogen) atoms. The summed E-state index contributed by atoms with van der Waals surface area (Å²) in [4.78, 5) is 11.9. The minimum atomic E-state index is -0.0838. The molecule has 4 heteroatoms. The minimum Gasteiger partial charge on any atom is -0.466 e. The normalized spacial score (nSPS) is 22.7. The lowest BCUT2D eigenvalue weighted by atomic mass is 9.68. The van der Waals surface area contributed by atoms with Gasteiger partial charge < -0.3 is 16.2 Å². The maximum Gasteiger partial charge on any atom is 0.306 e. The molecule has 1 aliphatic carbocycles. The van der Waals surface area contributed by atoms with Crippen LogP contribution in [0.3, 0.4) is 0 Å². The maximum absolute atomic E-state index is 11.9. The van der Waals surface area contributed by atoms with E-state index in [1.807, 2.05) is 31.2 Å². The molecule has 1 unspecified atom stereocenters. The molecule has 2 aromatic rings. The fourth-order valence-corrected chi connectivity index (χ4v) is 4.15. The third-order valence-electron chi connectivity index (χ3n) is 5.45. The van der Waals surface area contributed by atoms with Crippen LogP contribution in [0.2, 0.25) is 0 Å². The Morgan fingerprint density at radius 3 is 2.00 bits per heavy atom. The van der Waals surface area contributed by atoms with Crippen molar-refractivity contribution < 1.29 is 9.53 Å². The van der Waals surface area contributed by atoms with Crippen LogP contribution < -0.4 is 11.5 Å². The van der Waals surface area contributed by atoms with Gasteiger partial charge in [0.25, 0.3) is 0 Å². The molecule has 4 nitrogen and oxygen atoms in total. The van der Waals surface area contributed by atoms with Crippen molar-refractivity contribution in [3.05, 3.63) is 59.7 Å². The highest BCUT2D eigenvalue weighted by molar-refractivity contribution is 5.69. The first kappa shape index (κ1) is 18.3. The van der Waals surface area contributed by atoms with Crippen LogP contribution in [0, 0.1) is 5.92 Å². The van der Waals surface area contributed by atoms with Crippen LogP contribution in [0.1, 0.15) is 55.6 Å². The quantitative estimate of drug-likeness (QED) is 0.614. The number of nitrogen functional groups attached to an aromatic ring is 2. The standard InChI is InChI=1S/C22H28N2O2/c1-2-26-22(25)14-15-3-12-20(16-4-8-18(23)9-5-16)21(13-15)17-6-10-19(24)11-7-17/h4-11,15,20-21H,2-3,12-14,23-24H2,1H3/t15?,20-,21-/m0/s1. The van der Waals surface area contributed by atoms with Crippen LogP contribution in [0.15, 0.2) is 48.5 Å². The number of nitrogens with two attached hydrogens (primary N) is 2. The molecule has 1 saturated carbocycles. The van der Waals surface area contributed by atoms with Crippen LogP contribution in [0.4, 0.5) is 11.4 Å². The molecule has 0 aliphatic heterocycles. The Labute approximate surface area is 155 Å². The van der Waals surface area contributed by atoms with Gasteiger partial charge in [0.15, 0.2) is 0 Å². The van der Waals surface area contributed by atoms with Crippen LogP contribution in [-0.4, -0.2) is 12.6 Å². The van der Waals surface area contributed by atoms with Crippen LogP contribution >= 0.6 is 0 Å². The summed E-state index contributed by atoms with van der Waals surface area (Å²) < 4.78 is 5.16. The summed E-state index contributed by atoms with van der Waals surface area (Å²) in [6, 6.07) is 16.4. The summed E-state index contributed by atoms with van der Waals surface area (Å²) >= 11 is 0. The van der Waals surface area contributed by atoms with Crippen LogP contribution in [-0.2, 0) is 9.53 Å². The number of carbonyl (C=O) groups is 1. The minimum absolute atomic E-state index is 0.0838. The lowest BCUT2D eigenvalue weighted by molar-refractivity contribution is -0.144. The van der Waals surface area contributed by atoms with E-state index in [1.54, 1.807) is 0 Å². The number of hydrogen-bond donors (Lipinski definition) is 2. The summed E-state index contributed by atoms with van der Waals surface area (Å²) in [6.45, 7) is 2.30. The van der Waals surface area contributed by atoms with Crippen molar-refractivity contribution in [2.45, 2.75) is 44.4 Å². The first-order valence-electron chi connectivity index (χ1n) is 9.43. The van der Waals surface area contributed by atoms with Crippen molar-refractivity contribution >= 4 is 17.3 Å². The summed E-state index contributed by atoms with van der Waals surface area (Å²) in [6.07, 6.45) is 3.59. The maximum atomic E-state index is 11.9. The topological polar surface area (TPSA) is 78.3 Å². The summed E-state index contributed by atoms with van der Waals surface area (Å²) in [7, 11) is 0. The average molecular weight is 352 g/mol. The van der Waals surface area contributed by atoms with E-state index in [0.29, 0.717) is 30.8 Å². The first-order chi connectivity index (χ1) is 12.6. The molecule has 3 atom stereocenters. The molecule has 2 aromatic carbocycles. The fraction of sp³-hybridized carbons (Fsp3) is 0.409. The summed E-state index contributed by atoms with van der Waals surface area (Å²) in [5.74, 6) is 1.08. The van der Waals surface area contributed by atoms with E-state index in [1.165, 1.54) is 11.1 Å². The molecule has 1 fully saturated rings. The van der Waals surface area contributed by atoms with E-state index in [-0.39, 0.29) is 5.97 Å². The zero-order chi connectivity index (χ0) is 18.5. The van der Waals surface area contributed by atoms with Crippen molar-refractivity contribution in [1.82, 2.24) is 0 Å². The Hall–Kier alpha value is -2.49. The summed E-state index contributed by atoms with van der Waals surface area (Å²) in [5.41, 5.74) is 15.9. The Bertz CT molecular complexity index is 725. The third-order valence-corrected chi connectivity index (χ3v) is 5.45. The number of benzene rings is 2. The molecule has 0 radical (unpaired) electrons. The van der Waals surface area contributed by atoms with Gasteiger partial charge in [0, 0.05) is 17.8 Å². The largest absolute Gasteiger partial charge is 0.466 e. The van der Waals surface area contributed by atoms with E-state index in [0.717, 1.165) is 30.6 Å². The second-order valence-corrected chi connectivity index (χ2v) is 7.23. The van der Waals surface area contributed by atoms with Gasteiger partial charge in [-0.1, -0.05) is 24.3 Å². The number of anilines is 2. The fourth-order valence-electron chi connectivity index (χ4n) is 4.15. The van der Waals surface area contributed by atoms with Crippen molar-refractivity contribution in [3.8, 4) is 0 Å². The molecule has 3 rings (SSSR count). The third kappa shape index (κ3) is 4.37. The molecule has 4 N–H and O–H groups in total. The van der Waals surface area contributed by atoms with Crippen LogP contribution in [0.5, 0.6) is 0 Å². The van der Waals surface area contributed by atoms with Crippen molar-refractivity contribution in [2.24, 2.45) is 5.92 Å². The second-order valence-electron chi connectivity index (χ2n) is 7.23. The number of ether oxygens (including phenoxy) is 1. The van der Waals surface area contributed by atoms with E-state index in [2.05, 4.69) is 24.3 Å². The molecule has 1 aliphatic rings. The number of esters is 1. The van der Waals surface area contributed by atoms with Crippen molar-refractivity contribution in [3.63, 3.8) is 0 Å². The lowest BCUT2D eigenvalue weighted by Crippen LogP contribution is -2.24. The van der Waals surface area contributed by atoms with E-state index in [4.69, 9.17) is 16.2 Å². The Balaban J connectivity index is 1.83. The second kappa shape index (κ2) is 8.26. The molecule has 0 heterocycles. The molecule has 138 valence electrons. The monoisotopic (exact) mass is 352 g/mol. The first-order valence-corrected chi connectivity index (χ1v) is 9.43. The zero-order valence-corrected chi connectivity index (χ0v) is 15.4. The molecule has 0 saturated heterocycles. The smallest absolute Gasteiger partial charge is 0.306 e. The van der Waals surface area contributed by atoms with Gasteiger partial charge in [-0.3, -0.25) is 4.79 Å². The van der Waals surface area contributed by atoms with Gasteiger partial charge in [-0.05, 0) is 79.3 Å². The molecule has 0 spiro atoms. The number of hydrogen-bond acceptors (Lipinski definition) is 4. The van der Waals surface area contributed by atoms with Gasteiger partial charge in [-0.2, -0.15) is 0 Å². The van der Waals surface area contributed by atoms with Crippen molar-refractivity contribution in [2.75, 3.05) is 18.1 Å². The molecule has 0 bridgehead atoms.